The van der Waals surface area contributed by atoms with Crippen molar-refractivity contribution in [3.8, 4) is 5.75 Å². The first-order valence-electron chi connectivity index (χ1n) is 17.1. The van der Waals surface area contributed by atoms with Crippen LogP contribution in [0.2, 0.25) is 0 Å². The van der Waals surface area contributed by atoms with E-state index in [9.17, 15) is 68.1 Å². The lowest BCUT2D eigenvalue weighted by Crippen LogP contribution is -2.46. The zero-order valence-corrected chi connectivity index (χ0v) is 34.7. The summed E-state index contributed by atoms with van der Waals surface area (Å²) in [4.78, 5) is 96.3. The first kappa shape index (κ1) is 48.8. The molecule has 2 amide bonds. The molecule has 1 saturated heterocycles. The van der Waals surface area contributed by atoms with Gasteiger partial charge in [0.15, 0.2) is 17.7 Å². The molecule has 332 valence electrons. The second-order valence-corrected chi connectivity index (χ2v) is 18.4. The second kappa shape index (κ2) is 20.3. The van der Waals surface area contributed by atoms with Crippen molar-refractivity contribution in [2.45, 2.75) is 50.9 Å². The van der Waals surface area contributed by atoms with Gasteiger partial charge in [0, 0.05) is 36.8 Å². The van der Waals surface area contributed by atoms with Crippen LogP contribution in [0.5, 0.6) is 5.75 Å². The van der Waals surface area contributed by atoms with Crippen LogP contribution < -0.4 is 35.9 Å². The van der Waals surface area contributed by atoms with Gasteiger partial charge in [-0.2, -0.15) is 0 Å². The van der Waals surface area contributed by atoms with Crippen LogP contribution in [0.25, 0.3) is 16.9 Å². The van der Waals surface area contributed by atoms with E-state index in [4.69, 9.17) is 10.5 Å². The molecule has 0 aliphatic carbocycles. The molecule has 1 aliphatic heterocycles. The van der Waals surface area contributed by atoms with Crippen LogP contribution in [0, 0.1) is 5.41 Å². The molecule has 3 aromatic rings. The molecule has 3 heterocycles. The Morgan fingerprint density at radius 1 is 1.07 bits per heavy atom. The fourth-order valence-electron chi connectivity index (χ4n) is 5.18. The second-order valence-electron chi connectivity index (χ2n) is 13.2. The molecule has 60 heavy (non-hydrogen) atoms. The highest BCUT2D eigenvalue weighted by Crippen LogP contribution is 2.56. The monoisotopic (exact) mass is 925 g/mol. The number of phenols is 1. The number of fused-ring (bicyclic) bond motifs is 1. The van der Waals surface area contributed by atoms with Gasteiger partial charge in [-0.15, -0.1) is 0 Å². The van der Waals surface area contributed by atoms with E-state index in [1.165, 1.54) is 32.0 Å². The largest absolute Gasteiger partial charge is 0.790 e. The van der Waals surface area contributed by atoms with Crippen molar-refractivity contribution in [2.75, 3.05) is 37.8 Å². The molecule has 4 rings (SSSR count). The summed E-state index contributed by atoms with van der Waals surface area (Å²) >= 11 is 0.769. The van der Waals surface area contributed by atoms with Crippen LogP contribution >= 0.6 is 35.2 Å². The van der Waals surface area contributed by atoms with Gasteiger partial charge in [-0.1, -0.05) is 37.7 Å². The fourth-order valence-corrected chi connectivity index (χ4v) is 8.52. The van der Waals surface area contributed by atoms with Crippen molar-refractivity contribution in [3.05, 3.63) is 48.6 Å². The predicted octanol–water partition coefficient (Wildman–Crippen LogP) is -2.56. The topological polar surface area (TPSA) is 415 Å². The summed E-state index contributed by atoms with van der Waals surface area (Å²) in [6.07, 6.45) is -6.89. The zero-order chi connectivity index (χ0) is 44.6. The smallest absolute Gasteiger partial charge is 0.274 e. The third kappa shape index (κ3) is 13.8. The lowest BCUT2D eigenvalue weighted by Gasteiger charge is -2.36. The highest BCUT2D eigenvalue weighted by Gasteiger charge is 2.47. The Morgan fingerprint density at radius 2 is 1.75 bits per heavy atom. The number of hydrogen-bond donors (Lipinski definition) is 7. The Bertz CT molecular complexity index is 2210. The minimum atomic E-state index is -5.94. The lowest BCUT2D eigenvalue weighted by atomic mass is 9.87. The number of aliphatic hydroxyl groups excluding tert-OH is 3. The van der Waals surface area contributed by atoms with Crippen LogP contribution in [0.15, 0.2) is 43.0 Å². The van der Waals surface area contributed by atoms with Gasteiger partial charge < -0.3 is 79.2 Å². The maximum absolute atomic E-state index is 12.6. The molecule has 1 fully saturated rings. The lowest BCUT2D eigenvalue weighted by molar-refractivity contribution is -0.347. The number of nitrogen functional groups attached to an aromatic ring is 1. The number of nitrogens with two attached hydrogens (primary N) is 1. The number of thioether (sulfide) groups is 1. The first-order valence-corrected chi connectivity index (χ1v) is 22.4. The molecular formula is C30H38N7O19P3S-4. The normalized spacial score (nSPS) is 21.2. The Labute approximate surface area is 343 Å². The molecule has 30 heteroatoms. The number of carbonyl (C=O) groups excluding carboxylic acids is 3. The van der Waals surface area contributed by atoms with Crippen LogP contribution in [0.4, 0.5) is 5.82 Å². The van der Waals surface area contributed by atoms with Crippen molar-refractivity contribution >= 4 is 74.9 Å². The number of para-hydroxylation sites is 1. The molecule has 0 bridgehead atoms. The number of hydrogen-bond acceptors (Lipinski definition) is 24. The Morgan fingerprint density at radius 3 is 2.43 bits per heavy atom. The van der Waals surface area contributed by atoms with Crippen LogP contribution in [-0.4, -0.2) is 113 Å². The minimum Gasteiger partial charge on any atom is -0.790 e. The van der Waals surface area contributed by atoms with Gasteiger partial charge in [-0.25, -0.2) is 19.3 Å². The van der Waals surface area contributed by atoms with E-state index in [1.54, 1.807) is 6.07 Å². The van der Waals surface area contributed by atoms with Crippen molar-refractivity contribution in [3.63, 3.8) is 0 Å². The third-order valence-electron chi connectivity index (χ3n) is 8.16. The number of aromatic nitrogens is 4. The Kier molecular flexibility index (Phi) is 16.5. The van der Waals surface area contributed by atoms with E-state index >= 15 is 0 Å². The van der Waals surface area contributed by atoms with Gasteiger partial charge in [0.05, 0.1) is 32.9 Å². The third-order valence-corrected chi connectivity index (χ3v) is 12.0. The summed E-state index contributed by atoms with van der Waals surface area (Å²) in [7, 11) is -17.7. The Balaban J connectivity index is 1.21. The van der Waals surface area contributed by atoms with Crippen molar-refractivity contribution < 1.29 is 90.7 Å². The average molecular weight is 926 g/mol. The van der Waals surface area contributed by atoms with Gasteiger partial charge in [0.1, 0.15) is 47.8 Å². The molecule has 1 aliphatic rings. The molecule has 0 spiro atoms. The highest BCUT2D eigenvalue weighted by atomic mass is 32.2. The number of phosphoric acid groups is 3. The quantitative estimate of drug-likeness (QED) is 0.0250. The van der Waals surface area contributed by atoms with Gasteiger partial charge in [0.2, 0.25) is 16.9 Å². The summed E-state index contributed by atoms with van der Waals surface area (Å²) in [6.45, 7) is -0.254. The molecule has 7 atom stereocenters. The predicted molar refractivity (Wildman–Crippen MR) is 197 cm³/mol. The standard InChI is InChI=1S/C30H42N7O19P3S/c1-30(2,25(43)28(44)33-8-7-20(40)32-9-10-60-21(41)11-18(39)16-5-3-4-6-17(16)38)13-53-59(50,51)56-58(48,49)52-12-19-24(55-57(45,46)47)23(42)29(54-19)37-15-36-22-26(31)34-14-35-27(22)37/h3-6,11,14-15,19,23-25,29,38-39,42-43H,7-10,12-13H2,1-2H3,(H,32,40)(H,33,44)(H,48,49)(H,50,51)(H2,31,34,35)(H2,45,46,47)/p-4/b18-11-/t19-,23-,24-,25+,29-/m1/s1. The van der Waals surface area contributed by atoms with E-state index in [2.05, 4.69) is 43.5 Å². The number of carbonyl (C=O) groups is 3. The average Bonchev–Trinajstić information content (AvgIpc) is 3.71. The Hall–Kier alpha value is -3.88. The molecule has 1 aromatic carbocycles. The maximum atomic E-state index is 12.6. The van der Waals surface area contributed by atoms with Gasteiger partial charge in [-0.3, -0.25) is 28.1 Å². The molecule has 2 aromatic heterocycles. The number of ether oxygens (including phenoxy) is 1. The number of aromatic hydroxyl groups is 1. The number of nitrogens with zero attached hydrogens (tertiary/aromatic N) is 4. The van der Waals surface area contributed by atoms with Gasteiger partial charge in [-0.05, 0) is 12.1 Å². The van der Waals surface area contributed by atoms with E-state index in [-0.39, 0.29) is 53.6 Å². The fraction of sp³-hybridized carbons (Fsp3) is 0.467. The number of phosphoric ester groups is 3. The van der Waals surface area contributed by atoms with Crippen LogP contribution in [0.1, 0.15) is 32.1 Å². The number of phenolic OH excluding ortho intramolecular Hbond substituents is 1. The number of anilines is 1. The van der Waals surface area contributed by atoms with Crippen molar-refractivity contribution in [1.82, 2.24) is 30.2 Å². The number of rotatable bonds is 21. The minimum absolute atomic E-state index is 0.0231. The number of aliphatic hydroxyl groups is 3. The van der Waals surface area contributed by atoms with Crippen LogP contribution in [-0.2, 0) is 50.7 Å². The van der Waals surface area contributed by atoms with Crippen molar-refractivity contribution in [1.29, 1.82) is 0 Å². The summed E-state index contributed by atoms with van der Waals surface area (Å²) in [5.74, 6) is -2.27. The van der Waals surface area contributed by atoms with Crippen LogP contribution in [0.3, 0.4) is 0 Å². The first-order chi connectivity index (χ1) is 27.9. The molecule has 2 unspecified atom stereocenters. The number of imidazole rings is 1. The van der Waals surface area contributed by atoms with Gasteiger partial charge >= 0.3 is 0 Å². The SMILES string of the molecule is CC(C)(COP(=O)([O-])OP(=O)([O-])OC[C@H]1O[C@@H](n2cnc3c(N)ncnc32)[C@H](O)[C@@H]1OP(=O)([O-])[O-])[C@@H](O)C(=O)NCCC(=O)NCCSC(=O)/C=C(\O)c1ccccc1O. The van der Waals surface area contributed by atoms with E-state index in [1.807, 2.05) is 0 Å². The molecule has 8 N–H and O–H groups in total. The highest BCUT2D eigenvalue weighted by molar-refractivity contribution is 8.14. The maximum Gasteiger partial charge on any atom is 0.274 e. The van der Waals surface area contributed by atoms with E-state index in [0.717, 1.165) is 35.1 Å². The molecule has 0 saturated carbocycles. The summed E-state index contributed by atoms with van der Waals surface area (Å²) in [6, 6.07) is 5.83. The number of benzene rings is 1. The number of nitrogens with one attached hydrogen (secondary N) is 2. The summed E-state index contributed by atoms with van der Waals surface area (Å²) < 4.78 is 60.5. The summed E-state index contributed by atoms with van der Waals surface area (Å²) in [5, 5.41) is 45.3. The summed E-state index contributed by atoms with van der Waals surface area (Å²) in [5.41, 5.74) is 4.06. The molecular weight excluding hydrogens is 887 g/mol. The van der Waals surface area contributed by atoms with Gasteiger partial charge in [0.25, 0.3) is 15.6 Å². The van der Waals surface area contributed by atoms with Crippen molar-refractivity contribution in [2.24, 2.45) is 5.41 Å². The van der Waals surface area contributed by atoms with E-state index in [0.29, 0.717) is 0 Å². The molecule has 26 nitrogen and oxygen atoms in total. The zero-order valence-electron chi connectivity index (χ0n) is 31.2. The molecule has 0 radical (unpaired) electrons. The van der Waals surface area contributed by atoms with E-state index < -0.39 is 95.4 Å². The number of amides is 2.